The molecule has 0 saturated carbocycles. The molecule has 2 aromatic rings. The summed E-state index contributed by atoms with van der Waals surface area (Å²) in [7, 11) is 0. The van der Waals surface area contributed by atoms with E-state index < -0.39 is 0 Å². The second-order valence-corrected chi connectivity index (χ2v) is 6.41. The van der Waals surface area contributed by atoms with E-state index in [-0.39, 0.29) is 18.4 Å². The van der Waals surface area contributed by atoms with Crippen molar-refractivity contribution >= 4 is 58.0 Å². The highest BCUT2D eigenvalue weighted by Crippen LogP contribution is 2.29. The smallest absolute Gasteiger partial charge is 0.244 e. The lowest BCUT2D eigenvalue weighted by molar-refractivity contribution is -0.120. The molecule has 126 valence electrons. The molecule has 4 nitrogen and oxygen atoms in total. The number of benzene rings is 2. The summed E-state index contributed by atoms with van der Waals surface area (Å²) in [5.74, 6) is -0.668. The van der Waals surface area contributed by atoms with Crippen LogP contribution in [0.5, 0.6) is 0 Å². The zero-order valence-electron chi connectivity index (χ0n) is 13.1. The van der Waals surface area contributed by atoms with Crippen molar-refractivity contribution in [2.45, 2.75) is 13.8 Å². The largest absolute Gasteiger partial charge is 0.324 e. The molecule has 0 spiro atoms. The maximum Gasteiger partial charge on any atom is 0.244 e. The highest BCUT2D eigenvalue weighted by atomic mass is 35.5. The van der Waals surface area contributed by atoms with Crippen LogP contribution >= 0.6 is 34.8 Å². The van der Waals surface area contributed by atoms with E-state index in [0.717, 1.165) is 5.56 Å². The SMILES string of the molecule is CC(=O)N(CC(=O)Nc1cccc(Cl)c1C)c1ccc(Cl)cc1Cl. The normalized spacial score (nSPS) is 10.4. The fourth-order valence-corrected chi connectivity index (χ4v) is 2.83. The topological polar surface area (TPSA) is 49.4 Å². The van der Waals surface area contributed by atoms with Crippen LogP contribution in [-0.4, -0.2) is 18.4 Å². The Balaban J connectivity index is 2.20. The molecule has 0 aliphatic rings. The lowest BCUT2D eigenvalue weighted by Crippen LogP contribution is -2.37. The second-order valence-electron chi connectivity index (χ2n) is 5.16. The Labute approximate surface area is 155 Å². The van der Waals surface area contributed by atoms with Crippen molar-refractivity contribution in [2.24, 2.45) is 0 Å². The maximum absolute atomic E-state index is 12.3. The average Bonchev–Trinajstić information content (AvgIpc) is 2.50. The zero-order valence-corrected chi connectivity index (χ0v) is 15.3. The predicted octanol–water partition coefficient (Wildman–Crippen LogP) is 4.95. The van der Waals surface area contributed by atoms with Gasteiger partial charge in [0.05, 0.1) is 10.7 Å². The van der Waals surface area contributed by atoms with Crippen LogP contribution in [0, 0.1) is 6.92 Å². The van der Waals surface area contributed by atoms with Gasteiger partial charge >= 0.3 is 0 Å². The first-order chi connectivity index (χ1) is 11.3. The first kappa shape index (κ1) is 18.6. The van der Waals surface area contributed by atoms with Gasteiger partial charge in [0.1, 0.15) is 6.54 Å². The summed E-state index contributed by atoms with van der Waals surface area (Å²) < 4.78 is 0. The van der Waals surface area contributed by atoms with E-state index in [2.05, 4.69) is 5.32 Å². The number of nitrogens with zero attached hydrogens (tertiary/aromatic N) is 1. The van der Waals surface area contributed by atoms with Gasteiger partial charge in [0.15, 0.2) is 0 Å². The number of halogens is 3. The van der Waals surface area contributed by atoms with Crippen molar-refractivity contribution in [3.8, 4) is 0 Å². The summed E-state index contributed by atoms with van der Waals surface area (Å²) in [6.07, 6.45) is 0. The van der Waals surface area contributed by atoms with E-state index in [1.54, 1.807) is 37.3 Å². The van der Waals surface area contributed by atoms with Crippen molar-refractivity contribution in [1.29, 1.82) is 0 Å². The summed E-state index contributed by atoms with van der Waals surface area (Å²) >= 11 is 18.0. The highest BCUT2D eigenvalue weighted by Gasteiger charge is 2.19. The molecule has 1 N–H and O–H groups in total. The molecule has 2 rings (SSSR count). The van der Waals surface area contributed by atoms with Gasteiger partial charge < -0.3 is 10.2 Å². The lowest BCUT2D eigenvalue weighted by atomic mass is 10.2. The molecule has 0 aliphatic heterocycles. The van der Waals surface area contributed by atoms with Crippen LogP contribution in [0.15, 0.2) is 36.4 Å². The molecular formula is C17H15Cl3N2O2. The number of amides is 2. The van der Waals surface area contributed by atoms with E-state index in [9.17, 15) is 9.59 Å². The highest BCUT2D eigenvalue weighted by molar-refractivity contribution is 6.37. The van der Waals surface area contributed by atoms with Crippen molar-refractivity contribution in [1.82, 2.24) is 0 Å². The molecule has 0 heterocycles. The fourth-order valence-electron chi connectivity index (χ4n) is 2.14. The third kappa shape index (κ3) is 4.41. The number of carbonyl (C=O) groups is 2. The van der Waals surface area contributed by atoms with Gasteiger partial charge in [-0.15, -0.1) is 0 Å². The van der Waals surface area contributed by atoms with Gasteiger partial charge in [-0.3, -0.25) is 9.59 Å². The van der Waals surface area contributed by atoms with Gasteiger partial charge in [0, 0.05) is 22.7 Å². The molecule has 0 radical (unpaired) electrons. The van der Waals surface area contributed by atoms with E-state index >= 15 is 0 Å². The molecule has 24 heavy (non-hydrogen) atoms. The first-order valence-corrected chi connectivity index (χ1v) is 8.21. The standard InChI is InChI=1S/C17H15Cl3N2O2/c1-10-13(19)4-3-5-15(10)21-17(24)9-22(11(2)23)16-7-6-12(18)8-14(16)20/h3-8H,9H2,1-2H3,(H,21,24). The summed E-state index contributed by atoms with van der Waals surface area (Å²) in [5.41, 5.74) is 1.77. The molecule has 0 aromatic heterocycles. The molecule has 2 aromatic carbocycles. The third-order valence-electron chi connectivity index (χ3n) is 3.42. The van der Waals surface area contributed by atoms with Crippen molar-refractivity contribution in [2.75, 3.05) is 16.8 Å². The number of rotatable bonds is 4. The number of hydrogen-bond acceptors (Lipinski definition) is 2. The van der Waals surface area contributed by atoms with Crippen molar-refractivity contribution < 1.29 is 9.59 Å². The quantitative estimate of drug-likeness (QED) is 0.810. The minimum absolute atomic E-state index is 0.178. The molecular weight excluding hydrogens is 371 g/mol. The van der Waals surface area contributed by atoms with Crippen LogP contribution in [-0.2, 0) is 9.59 Å². The van der Waals surface area contributed by atoms with Crippen molar-refractivity contribution in [3.63, 3.8) is 0 Å². The molecule has 0 aliphatic carbocycles. The van der Waals surface area contributed by atoms with E-state index in [0.29, 0.717) is 26.4 Å². The molecule has 0 fully saturated rings. The zero-order chi connectivity index (χ0) is 17.9. The second kappa shape index (κ2) is 7.88. The summed E-state index contributed by atoms with van der Waals surface area (Å²) in [6.45, 7) is 2.99. The summed E-state index contributed by atoms with van der Waals surface area (Å²) in [4.78, 5) is 25.5. The van der Waals surface area contributed by atoms with Gasteiger partial charge in [-0.2, -0.15) is 0 Å². The Morgan fingerprint density at radius 2 is 1.79 bits per heavy atom. The van der Waals surface area contributed by atoms with Crippen LogP contribution in [0.1, 0.15) is 12.5 Å². The van der Waals surface area contributed by atoms with Crippen LogP contribution in [0.3, 0.4) is 0 Å². The van der Waals surface area contributed by atoms with Crippen LogP contribution in [0.4, 0.5) is 11.4 Å². The van der Waals surface area contributed by atoms with Crippen LogP contribution in [0.25, 0.3) is 0 Å². The number of carbonyl (C=O) groups excluding carboxylic acids is 2. The lowest BCUT2D eigenvalue weighted by Gasteiger charge is -2.22. The predicted molar refractivity (Wildman–Crippen MR) is 99.3 cm³/mol. The van der Waals surface area contributed by atoms with Crippen LogP contribution < -0.4 is 10.2 Å². The molecule has 2 amide bonds. The average molecular weight is 386 g/mol. The Morgan fingerprint density at radius 3 is 2.42 bits per heavy atom. The molecule has 7 heteroatoms. The Morgan fingerprint density at radius 1 is 1.08 bits per heavy atom. The summed E-state index contributed by atoms with van der Waals surface area (Å²) in [6, 6.07) is 9.95. The van der Waals surface area contributed by atoms with Crippen LogP contribution in [0.2, 0.25) is 15.1 Å². The molecule has 0 unspecified atom stereocenters. The first-order valence-electron chi connectivity index (χ1n) is 7.07. The van der Waals surface area contributed by atoms with Gasteiger partial charge in [-0.25, -0.2) is 0 Å². The van der Waals surface area contributed by atoms with E-state index in [1.807, 2.05) is 0 Å². The Bertz CT molecular complexity index is 793. The van der Waals surface area contributed by atoms with Gasteiger partial charge in [-0.1, -0.05) is 40.9 Å². The Kier molecular flexibility index (Phi) is 6.10. The van der Waals surface area contributed by atoms with Gasteiger partial charge in [0.25, 0.3) is 0 Å². The monoisotopic (exact) mass is 384 g/mol. The number of anilines is 2. The summed E-state index contributed by atoms with van der Waals surface area (Å²) in [5, 5.41) is 4.05. The molecule has 0 bridgehead atoms. The van der Waals surface area contributed by atoms with E-state index in [1.165, 1.54) is 17.9 Å². The fraction of sp³-hybridized carbons (Fsp3) is 0.176. The number of hydrogen-bond donors (Lipinski definition) is 1. The maximum atomic E-state index is 12.3. The minimum atomic E-state index is -0.360. The van der Waals surface area contributed by atoms with Gasteiger partial charge in [0.2, 0.25) is 11.8 Å². The van der Waals surface area contributed by atoms with Crippen molar-refractivity contribution in [3.05, 3.63) is 57.0 Å². The number of nitrogens with one attached hydrogen (secondary N) is 1. The third-order valence-corrected chi connectivity index (χ3v) is 4.37. The molecule has 0 atom stereocenters. The van der Waals surface area contributed by atoms with E-state index in [4.69, 9.17) is 34.8 Å². The Hall–Kier alpha value is -1.75. The van der Waals surface area contributed by atoms with Gasteiger partial charge in [-0.05, 0) is 42.8 Å². The molecule has 0 saturated heterocycles. The minimum Gasteiger partial charge on any atom is -0.324 e.